The number of hydrogen-bond acceptors (Lipinski definition) is 5. The van der Waals surface area contributed by atoms with Crippen molar-refractivity contribution in [2.45, 2.75) is 26.3 Å². The van der Waals surface area contributed by atoms with Crippen molar-refractivity contribution in [3.05, 3.63) is 0 Å². The molecule has 0 fully saturated rings. The first-order chi connectivity index (χ1) is 8.63. The van der Waals surface area contributed by atoms with Gasteiger partial charge in [0.25, 0.3) is 0 Å². The number of nitrogens with one attached hydrogen (secondary N) is 2. The molecule has 0 aromatic rings. The van der Waals surface area contributed by atoms with E-state index in [1.807, 2.05) is 6.92 Å². The van der Waals surface area contributed by atoms with E-state index in [4.69, 9.17) is 0 Å². The smallest absolute Gasteiger partial charge is 0.242 e. The monoisotopic (exact) mass is 289 g/mol. The van der Waals surface area contributed by atoms with E-state index >= 15 is 0 Å². The SMILES string of the molecule is CCCNC(=O)[C@@H](C)NC(=O)CSC1=NCCS1. The summed E-state index contributed by atoms with van der Waals surface area (Å²) >= 11 is 3.11. The number of aliphatic imine (C=N–C) groups is 1. The zero-order valence-corrected chi connectivity index (χ0v) is 12.3. The first-order valence-electron chi connectivity index (χ1n) is 6.00. The molecule has 0 saturated heterocycles. The third kappa shape index (κ3) is 5.77. The van der Waals surface area contributed by atoms with E-state index < -0.39 is 6.04 Å². The van der Waals surface area contributed by atoms with Crippen molar-refractivity contribution in [1.82, 2.24) is 10.6 Å². The molecule has 1 aliphatic rings. The van der Waals surface area contributed by atoms with Gasteiger partial charge in [-0.2, -0.15) is 0 Å². The summed E-state index contributed by atoms with van der Waals surface area (Å²) in [5, 5.41) is 5.42. The topological polar surface area (TPSA) is 70.6 Å². The van der Waals surface area contributed by atoms with Crippen molar-refractivity contribution in [2.24, 2.45) is 4.99 Å². The van der Waals surface area contributed by atoms with E-state index in [0.29, 0.717) is 12.3 Å². The fourth-order valence-corrected chi connectivity index (χ4v) is 3.10. The van der Waals surface area contributed by atoms with Crippen LogP contribution in [0.15, 0.2) is 4.99 Å². The van der Waals surface area contributed by atoms with Crippen LogP contribution in [0, 0.1) is 0 Å². The summed E-state index contributed by atoms with van der Waals surface area (Å²) in [6.45, 7) is 5.15. The van der Waals surface area contributed by atoms with Gasteiger partial charge in [0.2, 0.25) is 11.8 Å². The average molecular weight is 289 g/mol. The lowest BCUT2D eigenvalue weighted by Crippen LogP contribution is -2.45. The van der Waals surface area contributed by atoms with Gasteiger partial charge in [-0.05, 0) is 13.3 Å². The molecule has 0 saturated carbocycles. The Morgan fingerprint density at radius 2 is 2.33 bits per heavy atom. The molecule has 0 aliphatic carbocycles. The summed E-state index contributed by atoms with van der Waals surface area (Å²) in [6.07, 6.45) is 0.888. The fraction of sp³-hybridized carbons (Fsp3) is 0.727. The van der Waals surface area contributed by atoms with Crippen molar-refractivity contribution in [1.29, 1.82) is 0 Å². The number of hydrogen-bond donors (Lipinski definition) is 2. The number of amides is 2. The van der Waals surface area contributed by atoms with Crippen LogP contribution in [0.3, 0.4) is 0 Å². The Labute approximate surface area is 116 Å². The maximum absolute atomic E-state index is 11.6. The summed E-state index contributed by atoms with van der Waals surface area (Å²) in [6, 6.07) is -0.484. The first kappa shape index (κ1) is 15.4. The van der Waals surface area contributed by atoms with Gasteiger partial charge in [-0.25, -0.2) is 0 Å². The Balaban J connectivity index is 2.19. The molecular formula is C11H19N3O2S2. The van der Waals surface area contributed by atoms with Gasteiger partial charge in [-0.1, -0.05) is 30.4 Å². The standard InChI is InChI=1S/C11H19N3O2S2/c1-3-4-12-10(16)8(2)14-9(15)7-18-11-13-5-6-17-11/h8H,3-7H2,1-2H3,(H,12,16)(H,14,15)/t8-/m1/s1. The second-order valence-electron chi connectivity index (χ2n) is 3.86. The van der Waals surface area contributed by atoms with Crippen LogP contribution in [0.2, 0.25) is 0 Å². The summed E-state index contributed by atoms with van der Waals surface area (Å²) in [4.78, 5) is 27.4. The minimum absolute atomic E-state index is 0.130. The second kappa shape index (κ2) is 8.42. The van der Waals surface area contributed by atoms with Crippen LogP contribution < -0.4 is 10.6 Å². The van der Waals surface area contributed by atoms with E-state index in [9.17, 15) is 9.59 Å². The second-order valence-corrected chi connectivity index (χ2v) is 6.17. The van der Waals surface area contributed by atoms with E-state index in [-0.39, 0.29) is 11.8 Å². The van der Waals surface area contributed by atoms with Crippen molar-refractivity contribution in [2.75, 3.05) is 24.6 Å². The minimum Gasteiger partial charge on any atom is -0.354 e. The summed E-state index contributed by atoms with van der Waals surface area (Å²) in [7, 11) is 0. The molecule has 0 aromatic carbocycles. The molecule has 1 atom stereocenters. The molecule has 0 bridgehead atoms. The molecule has 7 heteroatoms. The Kier molecular flexibility index (Phi) is 7.19. The van der Waals surface area contributed by atoms with Crippen LogP contribution >= 0.6 is 23.5 Å². The number of nitrogens with zero attached hydrogens (tertiary/aromatic N) is 1. The molecule has 1 heterocycles. The van der Waals surface area contributed by atoms with Crippen molar-refractivity contribution in [3.63, 3.8) is 0 Å². The molecule has 0 aromatic heterocycles. The predicted octanol–water partition coefficient (Wildman–Crippen LogP) is 0.853. The number of carbonyl (C=O) groups is 2. The van der Waals surface area contributed by atoms with Crippen LogP contribution in [-0.4, -0.2) is 46.8 Å². The van der Waals surface area contributed by atoms with Gasteiger partial charge in [0.15, 0.2) is 0 Å². The van der Waals surface area contributed by atoms with Crippen LogP contribution in [0.1, 0.15) is 20.3 Å². The largest absolute Gasteiger partial charge is 0.354 e. The third-order valence-corrected chi connectivity index (χ3v) is 4.46. The Morgan fingerprint density at radius 1 is 1.56 bits per heavy atom. The molecule has 0 spiro atoms. The first-order valence-corrected chi connectivity index (χ1v) is 7.97. The lowest BCUT2D eigenvalue weighted by Gasteiger charge is -2.13. The highest BCUT2D eigenvalue weighted by Crippen LogP contribution is 2.21. The zero-order chi connectivity index (χ0) is 13.4. The molecule has 2 amide bonds. The highest BCUT2D eigenvalue weighted by Gasteiger charge is 2.16. The lowest BCUT2D eigenvalue weighted by molar-refractivity contribution is -0.127. The molecule has 2 N–H and O–H groups in total. The van der Waals surface area contributed by atoms with Gasteiger partial charge in [-0.3, -0.25) is 14.6 Å². The van der Waals surface area contributed by atoms with Gasteiger partial charge in [-0.15, -0.1) is 0 Å². The van der Waals surface area contributed by atoms with Gasteiger partial charge < -0.3 is 10.6 Å². The highest BCUT2D eigenvalue weighted by atomic mass is 32.2. The van der Waals surface area contributed by atoms with Crippen LogP contribution in [-0.2, 0) is 9.59 Å². The van der Waals surface area contributed by atoms with Gasteiger partial charge in [0.1, 0.15) is 10.4 Å². The fourth-order valence-electron chi connectivity index (χ4n) is 1.28. The summed E-state index contributed by atoms with van der Waals surface area (Å²) in [5.41, 5.74) is 0. The molecule has 1 rings (SSSR count). The number of carbonyl (C=O) groups excluding carboxylic acids is 2. The molecule has 0 unspecified atom stereocenters. The molecular weight excluding hydrogens is 270 g/mol. The minimum atomic E-state index is -0.484. The number of thioether (sulfide) groups is 2. The summed E-state index contributed by atoms with van der Waals surface area (Å²) in [5.74, 6) is 1.05. The van der Waals surface area contributed by atoms with Gasteiger partial charge in [0, 0.05) is 12.3 Å². The van der Waals surface area contributed by atoms with Crippen molar-refractivity contribution < 1.29 is 9.59 Å². The lowest BCUT2D eigenvalue weighted by atomic mass is 10.3. The maximum atomic E-state index is 11.6. The van der Waals surface area contributed by atoms with Gasteiger partial charge >= 0.3 is 0 Å². The average Bonchev–Trinajstić information content (AvgIpc) is 2.86. The highest BCUT2D eigenvalue weighted by molar-refractivity contribution is 8.39. The third-order valence-electron chi connectivity index (χ3n) is 2.20. The van der Waals surface area contributed by atoms with Crippen LogP contribution in [0.4, 0.5) is 0 Å². The Morgan fingerprint density at radius 3 is 2.94 bits per heavy atom. The number of rotatable bonds is 6. The molecule has 102 valence electrons. The Hall–Kier alpha value is -0.690. The van der Waals surface area contributed by atoms with Crippen LogP contribution in [0.5, 0.6) is 0 Å². The molecule has 1 aliphatic heterocycles. The van der Waals surface area contributed by atoms with E-state index in [1.54, 1.807) is 18.7 Å². The molecule has 18 heavy (non-hydrogen) atoms. The quantitative estimate of drug-likeness (QED) is 0.760. The molecule has 5 nitrogen and oxygen atoms in total. The van der Waals surface area contributed by atoms with E-state index in [1.165, 1.54) is 11.8 Å². The van der Waals surface area contributed by atoms with Crippen molar-refractivity contribution >= 4 is 39.7 Å². The van der Waals surface area contributed by atoms with Gasteiger partial charge in [0.05, 0.1) is 12.3 Å². The van der Waals surface area contributed by atoms with E-state index in [0.717, 1.165) is 23.1 Å². The Bertz CT molecular complexity index is 334. The summed E-state index contributed by atoms with van der Waals surface area (Å²) < 4.78 is 0.966. The van der Waals surface area contributed by atoms with Crippen molar-refractivity contribution in [3.8, 4) is 0 Å². The van der Waals surface area contributed by atoms with E-state index in [2.05, 4.69) is 15.6 Å². The predicted molar refractivity (Wildman–Crippen MR) is 78.1 cm³/mol. The normalized spacial score (nSPS) is 16.0. The van der Waals surface area contributed by atoms with Crippen LogP contribution in [0.25, 0.3) is 0 Å². The maximum Gasteiger partial charge on any atom is 0.242 e. The molecule has 0 radical (unpaired) electrons. The zero-order valence-electron chi connectivity index (χ0n) is 10.7.